The zero-order chi connectivity index (χ0) is 18.7. The van der Waals surface area contributed by atoms with Gasteiger partial charge in [-0.25, -0.2) is 0 Å². The van der Waals surface area contributed by atoms with Gasteiger partial charge in [-0.05, 0) is 78.7 Å². The summed E-state index contributed by atoms with van der Waals surface area (Å²) in [6.07, 6.45) is 0. The number of rotatable bonds is 5. The summed E-state index contributed by atoms with van der Waals surface area (Å²) in [5, 5.41) is 15.5. The lowest BCUT2D eigenvalue weighted by atomic mass is 10.1. The molecule has 0 saturated heterocycles. The number of hydrogen-bond donors (Lipinski definition) is 1. The Kier molecular flexibility index (Phi) is 5.58. The molecule has 1 aromatic heterocycles. The molecule has 0 spiro atoms. The average molecular weight is 388 g/mol. The number of aryl methyl sites for hydroxylation is 2. The highest BCUT2D eigenvalue weighted by atomic mass is 35.5. The number of hydrogen-bond acceptors (Lipinski definition) is 5. The van der Waals surface area contributed by atoms with Gasteiger partial charge in [0.15, 0.2) is 0 Å². The maximum Gasteiger partial charge on any atom is 0.237 e. The van der Waals surface area contributed by atoms with E-state index in [2.05, 4.69) is 27.8 Å². The maximum atomic E-state index is 12.4. The van der Waals surface area contributed by atoms with Crippen molar-refractivity contribution in [1.29, 1.82) is 0 Å². The summed E-state index contributed by atoms with van der Waals surface area (Å²) in [4.78, 5) is 12.4. The summed E-state index contributed by atoms with van der Waals surface area (Å²) in [7, 11) is 0. The number of carbonyl (C=O) groups excluding carboxylic acids is 1. The van der Waals surface area contributed by atoms with Gasteiger partial charge in [-0.3, -0.25) is 4.79 Å². The highest BCUT2D eigenvalue weighted by Gasteiger charge is 2.19. The first-order valence-electron chi connectivity index (χ1n) is 8.03. The molecule has 1 heterocycles. The van der Waals surface area contributed by atoms with Gasteiger partial charge >= 0.3 is 0 Å². The van der Waals surface area contributed by atoms with Crippen molar-refractivity contribution in [1.82, 2.24) is 20.2 Å². The molecule has 0 fully saturated rings. The fraction of sp³-hybridized carbons (Fsp3) is 0.222. The second-order valence-corrected chi connectivity index (χ2v) is 7.64. The van der Waals surface area contributed by atoms with E-state index in [1.165, 1.54) is 17.3 Å². The number of thioether (sulfide) groups is 1. The molecule has 0 aliphatic heterocycles. The molecule has 0 radical (unpaired) electrons. The third kappa shape index (κ3) is 4.23. The molecule has 3 aromatic rings. The van der Waals surface area contributed by atoms with Crippen LogP contribution in [0.1, 0.15) is 18.1 Å². The van der Waals surface area contributed by atoms with E-state index in [-0.39, 0.29) is 11.2 Å². The Balaban J connectivity index is 1.72. The Morgan fingerprint density at radius 3 is 2.58 bits per heavy atom. The van der Waals surface area contributed by atoms with Crippen molar-refractivity contribution in [3.8, 4) is 5.69 Å². The van der Waals surface area contributed by atoms with E-state index < -0.39 is 0 Å². The van der Waals surface area contributed by atoms with Crippen LogP contribution in [0.25, 0.3) is 5.69 Å². The lowest BCUT2D eigenvalue weighted by Gasteiger charge is -2.12. The van der Waals surface area contributed by atoms with Crippen molar-refractivity contribution in [2.45, 2.75) is 31.2 Å². The van der Waals surface area contributed by atoms with E-state index in [9.17, 15) is 4.79 Å². The van der Waals surface area contributed by atoms with Gasteiger partial charge in [0.05, 0.1) is 10.9 Å². The highest BCUT2D eigenvalue weighted by molar-refractivity contribution is 8.00. The molecule has 2 aromatic carbocycles. The van der Waals surface area contributed by atoms with Gasteiger partial charge in [0.1, 0.15) is 0 Å². The van der Waals surface area contributed by atoms with Crippen LogP contribution in [0.15, 0.2) is 47.6 Å². The third-order valence-corrected chi connectivity index (χ3v) is 5.22. The fourth-order valence-corrected chi connectivity index (χ4v) is 3.19. The fourth-order valence-electron chi connectivity index (χ4n) is 2.26. The lowest BCUT2D eigenvalue weighted by Crippen LogP contribution is -2.22. The number of aromatic nitrogens is 4. The molecule has 0 aliphatic carbocycles. The van der Waals surface area contributed by atoms with Crippen molar-refractivity contribution in [3.63, 3.8) is 0 Å². The Morgan fingerprint density at radius 1 is 1.15 bits per heavy atom. The minimum absolute atomic E-state index is 0.132. The van der Waals surface area contributed by atoms with Crippen LogP contribution in [0, 0.1) is 13.8 Å². The molecule has 134 valence electrons. The minimum atomic E-state index is -0.373. The number of nitrogens with one attached hydrogen (secondary N) is 1. The first-order chi connectivity index (χ1) is 12.4. The van der Waals surface area contributed by atoms with E-state index in [0.29, 0.717) is 15.9 Å². The standard InChI is InChI=1S/C18H18ClN5OS/c1-11-4-9-16(10-12(11)2)24-18(21-22-23-24)26-13(3)17(25)20-15-7-5-14(19)6-8-15/h4-10,13H,1-3H3,(H,20,25)/t13-/m1/s1. The van der Waals surface area contributed by atoms with Crippen LogP contribution in [-0.2, 0) is 4.79 Å². The van der Waals surface area contributed by atoms with E-state index in [1.54, 1.807) is 28.9 Å². The largest absolute Gasteiger partial charge is 0.325 e. The number of halogens is 1. The molecule has 0 unspecified atom stereocenters. The quantitative estimate of drug-likeness (QED) is 0.668. The number of amides is 1. The second kappa shape index (κ2) is 7.88. The minimum Gasteiger partial charge on any atom is -0.325 e. The molecular weight excluding hydrogens is 370 g/mol. The SMILES string of the molecule is Cc1ccc(-n2nnnc2S[C@H](C)C(=O)Nc2ccc(Cl)cc2)cc1C. The first kappa shape index (κ1) is 18.4. The zero-order valence-electron chi connectivity index (χ0n) is 14.6. The topological polar surface area (TPSA) is 72.7 Å². The molecule has 3 rings (SSSR count). The van der Waals surface area contributed by atoms with Crippen LogP contribution < -0.4 is 5.32 Å². The Labute approximate surface area is 160 Å². The van der Waals surface area contributed by atoms with Gasteiger partial charge in [0, 0.05) is 10.7 Å². The maximum absolute atomic E-state index is 12.4. The lowest BCUT2D eigenvalue weighted by molar-refractivity contribution is -0.115. The number of tetrazole rings is 1. The predicted octanol–water partition coefficient (Wildman–Crippen LogP) is 4.05. The Hall–Kier alpha value is -2.38. The van der Waals surface area contributed by atoms with Crippen molar-refractivity contribution in [2.75, 3.05) is 5.32 Å². The van der Waals surface area contributed by atoms with Crippen LogP contribution in [0.2, 0.25) is 5.02 Å². The smallest absolute Gasteiger partial charge is 0.237 e. The van der Waals surface area contributed by atoms with Crippen LogP contribution in [0.3, 0.4) is 0 Å². The molecule has 0 bridgehead atoms. The summed E-state index contributed by atoms with van der Waals surface area (Å²) in [5.41, 5.74) is 3.92. The molecule has 8 heteroatoms. The molecular formula is C18H18ClN5OS. The molecule has 1 N–H and O–H groups in total. The third-order valence-electron chi connectivity index (χ3n) is 3.94. The second-order valence-electron chi connectivity index (χ2n) is 5.90. The monoisotopic (exact) mass is 387 g/mol. The van der Waals surface area contributed by atoms with Crippen LogP contribution in [0.4, 0.5) is 5.69 Å². The Bertz CT molecular complexity index is 926. The van der Waals surface area contributed by atoms with Crippen molar-refractivity contribution < 1.29 is 4.79 Å². The van der Waals surface area contributed by atoms with Gasteiger partial charge < -0.3 is 5.32 Å². The van der Waals surface area contributed by atoms with E-state index in [1.807, 2.05) is 32.0 Å². The highest BCUT2D eigenvalue weighted by Crippen LogP contribution is 2.25. The summed E-state index contributed by atoms with van der Waals surface area (Å²) in [6, 6.07) is 13.0. The number of benzene rings is 2. The normalized spacial score (nSPS) is 12.0. The number of anilines is 1. The summed E-state index contributed by atoms with van der Waals surface area (Å²) in [6.45, 7) is 5.91. The van der Waals surface area contributed by atoms with Gasteiger partial charge in [0.25, 0.3) is 0 Å². The van der Waals surface area contributed by atoms with Gasteiger partial charge in [0.2, 0.25) is 11.1 Å². The summed E-state index contributed by atoms with van der Waals surface area (Å²) in [5.74, 6) is -0.132. The predicted molar refractivity (Wildman–Crippen MR) is 104 cm³/mol. The first-order valence-corrected chi connectivity index (χ1v) is 9.29. The van der Waals surface area contributed by atoms with E-state index in [4.69, 9.17) is 11.6 Å². The molecule has 26 heavy (non-hydrogen) atoms. The van der Waals surface area contributed by atoms with Crippen LogP contribution in [0.5, 0.6) is 0 Å². The molecule has 1 atom stereocenters. The van der Waals surface area contributed by atoms with E-state index >= 15 is 0 Å². The van der Waals surface area contributed by atoms with Crippen LogP contribution >= 0.6 is 23.4 Å². The van der Waals surface area contributed by atoms with Gasteiger partial charge in [-0.2, -0.15) is 4.68 Å². The molecule has 0 aliphatic rings. The van der Waals surface area contributed by atoms with Crippen LogP contribution in [-0.4, -0.2) is 31.4 Å². The van der Waals surface area contributed by atoms with Gasteiger partial charge in [-0.15, -0.1) is 5.10 Å². The summed E-state index contributed by atoms with van der Waals surface area (Å²) >= 11 is 7.16. The average Bonchev–Trinajstić information content (AvgIpc) is 3.07. The Morgan fingerprint density at radius 2 is 1.88 bits per heavy atom. The van der Waals surface area contributed by atoms with Gasteiger partial charge in [-0.1, -0.05) is 29.4 Å². The number of nitrogens with zero attached hydrogens (tertiary/aromatic N) is 4. The van der Waals surface area contributed by atoms with Crippen molar-refractivity contribution in [2.24, 2.45) is 0 Å². The zero-order valence-corrected chi connectivity index (χ0v) is 16.2. The van der Waals surface area contributed by atoms with Crippen molar-refractivity contribution >= 4 is 35.0 Å². The molecule has 1 amide bonds. The molecule has 0 saturated carbocycles. The summed E-state index contributed by atoms with van der Waals surface area (Å²) < 4.78 is 1.64. The molecule has 6 nitrogen and oxygen atoms in total. The van der Waals surface area contributed by atoms with E-state index in [0.717, 1.165) is 11.3 Å². The van der Waals surface area contributed by atoms with Crippen molar-refractivity contribution in [3.05, 3.63) is 58.6 Å². The number of carbonyl (C=O) groups is 1.